The Morgan fingerprint density at radius 1 is 1.20 bits per heavy atom. The van der Waals surface area contributed by atoms with Crippen LogP contribution in [0.5, 0.6) is 0 Å². The van der Waals surface area contributed by atoms with Gasteiger partial charge in [-0.05, 0) is 25.3 Å². The lowest BCUT2D eigenvalue weighted by atomic mass is 9.64. The summed E-state index contributed by atoms with van der Waals surface area (Å²) in [6, 6.07) is 10.4. The van der Waals surface area contributed by atoms with Crippen LogP contribution in [0.25, 0.3) is 0 Å². The molecule has 1 heterocycles. The topological polar surface area (TPSA) is 59.2 Å². The highest BCUT2D eigenvalue weighted by Gasteiger charge is 2.44. The van der Waals surface area contributed by atoms with Crippen LogP contribution in [0.2, 0.25) is 0 Å². The van der Waals surface area contributed by atoms with E-state index in [2.05, 4.69) is 34.4 Å². The first-order valence-electron chi connectivity index (χ1n) is 7.21. The van der Waals surface area contributed by atoms with Crippen LogP contribution in [0.1, 0.15) is 56.3 Å². The Morgan fingerprint density at radius 2 is 1.90 bits per heavy atom. The largest absolute Gasteiger partial charge is 0.393 e. The van der Waals surface area contributed by atoms with Crippen molar-refractivity contribution in [3.05, 3.63) is 47.6 Å². The zero-order valence-electron chi connectivity index (χ0n) is 11.9. The predicted octanol–water partition coefficient (Wildman–Crippen LogP) is 3.02. The maximum atomic E-state index is 9.65. The van der Waals surface area contributed by atoms with Gasteiger partial charge in [0.05, 0.1) is 17.4 Å². The smallest absolute Gasteiger partial charge is 0.232 e. The third-order valence-electron chi connectivity index (χ3n) is 4.52. The minimum Gasteiger partial charge on any atom is -0.393 e. The number of aromatic nitrogens is 2. The quantitative estimate of drug-likeness (QED) is 0.929. The number of benzene rings is 1. The number of nitrogens with zero attached hydrogens (tertiary/aromatic N) is 2. The Bertz CT molecular complexity index is 573. The summed E-state index contributed by atoms with van der Waals surface area (Å²) in [5.41, 5.74) is 1.16. The second-order valence-corrected chi connectivity index (χ2v) is 5.79. The van der Waals surface area contributed by atoms with Crippen molar-refractivity contribution in [1.29, 1.82) is 0 Å². The van der Waals surface area contributed by atoms with Gasteiger partial charge in [-0.25, -0.2) is 0 Å². The lowest BCUT2D eigenvalue weighted by molar-refractivity contribution is 0.151. The van der Waals surface area contributed by atoms with Gasteiger partial charge in [-0.3, -0.25) is 0 Å². The highest BCUT2D eigenvalue weighted by Crippen LogP contribution is 2.47. The van der Waals surface area contributed by atoms with E-state index in [0.29, 0.717) is 5.89 Å². The van der Waals surface area contributed by atoms with E-state index >= 15 is 0 Å². The van der Waals surface area contributed by atoms with E-state index in [1.165, 1.54) is 12.0 Å². The van der Waals surface area contributed by atoms with Crippen molar-refractivity contribution in [3.8, 4) is 0 Å². The van der Waals surface area contributed by atoms with Crippen LogP contribution in [-0.4, -0.2) is 21.4 Å². The predicted molar refractivity (Wildman–Crippen MR) is 75.5 cm³/mol. The fourth-order valence-corrected chi connectivity index (χ4v) is 2.75. The van der Waals surface area contributed by atoms with Crippen LogP contribution in [0.4, 0.5) is 0 Å². The van der Waals surface area contributed by atoms with Crippen molar-refractivity contribution >= 4 is 0 Å². The number of hydrogen-bond donors (Lipinski definition) is 1. The number of aliphatic hydroxyl groups is 1. The Kier molecular flexibility index (Phi) is 3.34. The average Bonchev–Trinajstić information content (AvgIpc) is 2.87. The Morgan fingerprint density at radius 3 is 2.45 bits per heavy atom. The van der Waals surface area contributed by atoms with Crippen molar-refractivity contribution in [3.63, 3.8) is 0 Å². The Hall–Kier alpha value is -1.68. The van der Waals surface area contributed by atoms with Crippen LogP contribution in [0.15, 0.2) is 34.9 Å². The van der Waals surface area contributed by atoms with Gasteiger partial charge >= 0.3 is 0 Å². The van der Waals surface area contributed by atoms with Crippen LogP contribution < -0.4 is 0 Å². The van der Waals surface area contributed by atoms with Gasteiger partial charge in [0.15, 0.2) is 5.82 Å². The molecule has 0 radical (unpaired) electrons. The van der Waals surface area contributed by atoms with Gasteiger partial charge < -0.3 is 9.63 Å². The van der Waals surface area contributed by atoms with E-state index < -0.39 is 6.10 Å². The van der Waals surface area contributed by atoms with Gasteiger partial charge in [0, 0.05) is 0 Å². The first-order chi connectivity index (χ1) is 9.63. The van der Waals surface area contributed by atoms with Crippen molar-refractivity contribution < 1.29 is 9.63 Å². The van der Waals surface area contributed by atoms with Crippen molar-refractivity contribution in [2.24, 2.45) is 0 Å². The molecule has 1 aliphatic carbocycles. The summed E-state index contributed by atoms with van der Waals surface area (Å²) < 4.78 is 5.37. The molecule has 106 valence electrons. The van der Waals surface area contributed by atoms with Gasteiger partial charge in [-0.1, -0.05) is 48.8 Å². The van der Waals surface area contributed by atoms with E-state index in [0.717, 1.165) is 18.7 Å². The SMILES string of the molecule is CC(O)C(C)c1nc(C2(c3ccccc3)CCC2)no1. The fourth-order valence-electron chi connectivity index (χ4n) is 2.75. The first kappa shape index (κ1) is 13.3. The molecule has 0 spiro atoms. The zero-order valence-corrected chi connectivity index (χ0v) is 11.9. The van der Waals surface area contributed by atoms with Gasteiger partial charge in [-0.15, -0.1) is 0 Å². The molecule has 0 aliphatic heterocycles. The van der Waals surface area contributed by atoms with Crippen molar-refractivity contribution in [1.82, 2.24) is 10.1 Å². The first-order valence-corrected chi connectivity index (χ1v) is 7.21. The van der Waals surface area contributed by atoms with Crippen molar-refractivity contribution in [2.75, 3.05) is 0 Å². The molecule has 0 bridgehead atoms. The summed E-state index contributed by atoms with van der Waals surface area (Å²) in [4.78, 5) is 4.56. The second kappa shape index (κ2) is 5.02. The Labute approximate surface area is 118 Å². The molecule has 2 aromatic rings. The lowest BCUT2D eigenvalue weighted by Gasteiger charge is -2.39. The molecule has 3 rings (SSSR count). The molecule has 4 nitrogen and oxygen atoms in total. The summed E-state index contributed by atoms with van der Waals surface area (Å²) in [6.07, 6.45) is 2.81. The maximum absolute atomic E-state index is 9.65. The molecule has 1 aromatic heterocycles. The minimum atomic E-state index is -0.489. The summed E-state index contributed by atoms with van der Waals surface area (Å²) in [5.74, 6) is 1.15. The summed E-state index contributed by atoms with van der Waals surface area (Å²) in [6.45, 7) is 3.64. The van der Waals surface area contributed by atoms with E-state index in [9.17, 15) is 5.11 Å². The van der Waals surface area contributed by atoms with E-state index in [1.54, 1.807) is 6.92 Å². The molecule has 0 saturated heterocycles. The average molecular weight is 272 g/mol. The van der Waals surface area contributed by atoms with Gasteiger partial charge in [0.1, 0.15) is 0 Å². The van der Waals surface area contributed by atoms with Crippen LogP contribution >= 0.6 is 0 Å². The van der Waals surface area contributed by atoms with Gasteiger partial charge in [0.25, 0.3) is 0 Å². The molecule has 1 N–H and O–H groups in total. The Balaban J connectivity index is 1.95. The molecule has 2 atom stereocenters. The minimum absolute atomic E-state index is 0.0958. The second-order valence-electron chi connectivity index (χ2n) is 5.79. The molecule has 2 unspecified atom stereocenters. The summed E-state index contributed by atoms with van der Waals surface area (Å²) in [7, 11) is 0. The third-order valence-corrected chi connectivity index (χ3v) is 4.52. The standard InChI is InChI=1S/C16H20N2O2/c1-11(12(2)19)14-17-15(18-20-14)16(9-6-10-16)13-7-4-3-5-8-13/h3-5,7-8,11-12,19H,6,9-10H2,1-2H3. The zero-order chi connectivity index (χ0) is 14.2. The molecule has 0 amide bonds. The highest BCUT2D eigenvalue weighted by molar-refractivity contribution is 5.35. The maximum Gasteiger partial charge on any atom is 0.232 e. The van der Waals surface area contributed by atoms with Crippen molar-refractivity contribution in [2.45, 2.75) is 50.5 Å². The van der Waals surface area contributed by atoms with Crippen LogP contribution in [0, 0.1) is 0 Å². The number of aliphatic hydroxyl groups excluding tert-OH is 1. The molecular formula is C16H20N2O2. The monoisotopic (exact) mass is 272 g/mol. The third kappa shape index (κ3) is 2.04. The molecule has 1 fully saturated rings. The number of hydrogen-bond acceptors (Lipinski definition) is 4. The normalized spacial score (nSPS) is 20.1. The lowest BCUT2D eigenvalue weighted by Crippen LogP contribution is -2.36. The molecule has 1 saturated carbocycles. The van der Waals surface area contributed by atoms with E-state index in [1.807, 2.05) is 13.0 Å². The summed E-state index contributed by atoms with van der Waals surface area (Å²) >= 11 is 0. The van der Waals surface area contributed by atoms with Crippen LogP contribution in [-0.2, 0) is 5.41 Å². The number of rotatable bonds is 4. The van der Waals surface area contributed by atoms with Gasteiger partial charge in [0.2, 0.25) is 5.89 Å². The molecule has 20 heavy (non-hydrogen) atoms. The van der Waals surface area contributed by atoms with Crippen LogP contribution in [0.3, 0.4) is 0 Å². The highest BCUT2D eigenvalue weighted by atomic mass is 16.5. The van der Waals surface area contributed by atoms with E-state index in [-0.39, 0.29) is 11.3 Å². The van der Waals surface area contributed by atoms with Gasteiger partial charge in [-0.2, -0.15) is 4.98 Å². The fraction of sp³-hybridized carbons (Fsp3) is 0.500. The molecular weight excluding hydrogens is 252 g/mol. The molecule has 4 heteroatoms. The summed E-state index contributed by atoms with van der Waals surface area (Å²) in [5, 5.41) is 13.8. The van der Waals surface area contributed by atoms with E-state index in [4.69, 9.17) is 4.52 Å². The molecule has 1 aromatic carbocycles. The molecule has 1 aliphatic rings.